The second kappa shape index (κ2) is 13.8. The smallest absolute Gasteiger partial charge is 0.354 e. The van der Waals surface area contributed by atoms with Gasteiger partial charge in [0, 0.05) is 28.3 Å². The summed E-state index contributed by atoms with van der Waals surface area (Å²) in [6, 6.07) is 5.80. The summed E-state index contributed by atoms with van der Waals surface area (Å²) in [4.78, 5) is 21.0. The Hall–Kier alpha value is -3.35. The van der Waals surface area contributed by atoms with E-state index in [0.29, 0.717) is 31.1 Å². The largest absolute Gasteiger partial charge is 0.491 e. The lowest BCUT2D eigenvalue weighted by Crippen LogP contribution is -2.05. The molecule has 166 valence electrons. The van der Waals surface area contributed by atoms with Crippen LogP contribution < -0.4 is 4.74 Å². The molecule has 1 N–H and O–H groups in total. The number of methoxy groups -OCH3 is 1. The van der Waals surface area contributed by atoms with Crippen molar-refractivity contribution < 1.29 is 14.3 Å². The van der Waals surface area contributed by atoms with Crippen molar-refractivity contribution in [2.45, 2.75) is 51.4 Å². The zero-order valence-corrected chi connectivity index (χ0v) is 17.9. The third-order valence-corrected chi connectivity index (χ3v) is 5.01. The first-order chi connectivity index (χ1) is 15.2. The van der Waals surface area contributed by atoms with Gasteiger partial charge in [-0.05, 0) is 61.2 Å². The molecule has 2 aromatic rings. The Morgan fingerprint density at radius 3 is 2.35 bits per heavy atom. The summed E-state index contributed by atoms with van der Waals surface area (Å²) in [5.74, 6) is 0.317. The molecule has 0 aliphatic rings. The van der Waals surface area contributed by atoms with Crippen LogP contribution in [-0.4, -0.2) is 37.8 Å². The number of hydrogen-bond donors (Lipinski definition) is 1. The monoisotopic (exact) mass is 427 g/mol. The summed E-state index contributed by atoms with van der Waals surface area (Å²) in [6.45, 7) is 1.56. The minimum Gasteiger partial charge on any atom is -0.491 e. The van der Waals surface area contributed by atoms with E-state index in [1.807, 2.05) is 18.2 Å². The van der Waals surface area contributed by atoms with Gasteiger partial charge in [-0.25, -0.2) is 4.79 Å². The van der Waals surface area contributed by atoms with Crippen molar-refractivity contribution in [1.29, 1.82) is 0 Å². The van der Waals surface area contributed by atoms with E-state index < -0.39 is 5.97 Å². The van der Waals surface area contributed by atoms with E-state index >= 15 is 0 Å². The summed E-state index contributed by atoms with van der Waals surface area (Å²) in [5.41, 5.74) is 18.8. The van der Waals surface area contributed by atoms with E-state index in [0.717, 1.165) is 67.8 Å². The Morgan fingerprint density at radius 1 is 1.00 bits per heavy atom. The Labute approximate surface area is 181 Å². The molecule has 0 aliphatic heterocycles. The van der Waals surface area contributed by atoms with E-state index in [1.54, 1.807) is 0 Å². The van der Waals surface area contributed by atoms with E-state index in [9.17, 15) is 4.79 Å². The molecule has 0 saturated carbocycles. The number of aromatic nitrogens is 1. The predicted molar refractivity (Wildman–Crippen MR) is 119 cm³/mol. The Bertz CT molecular complexity index is 944. The molecule has 0 fully saturated rings. The summed E-state index contributed by atoms with van der Waals surface area (Å²) >= 11 is 0. The van der Waals surface area contributed by atoms with Gasteiger partial charge in [-0.1, -0.05) is 35.2 Å². The Balaban J connectivity index is 2.04. The number of H-pyrrole nitrogens is 1. The van der Waals surface area contributed by atoms with Crippen LogP contribution in [0.5, 0.6) is 5.75 Å². The molecule has 0 atom stereocenters. The SMILES string of the molecule is COC(=O)c1[nH]c2c(OCCCCCN=[N+]=[N-])cccc2c1CCCCCCN=[N+]=[N-]. The van der Waals surface area contributed by atoms with Crippen LogP contribution >= 0.6 is 0 Å². The molecule has 0 bridgehead atoms. The van der Waals surface area contributed by atoms with Crippen LogP contribution in [0.3, 0.4) is 0 Å². The standard InChI is InChI=1S/C21H29N7O3/c1-30-21(29)20-17(10-5-2-3-6-13-24-27-22)16-11-9-12-18(19(16)26-20)31-15-8-4-7-14-25-28-23/h9,11-12,26H,2-8,10,13-15H2,1H3. The molecule has 0 unspecified atom stereocenters. The number of fused-ring (bicyclic) bond motifs is 1. The molecule has 0 radical (unpaired) electrons. The van der Waals surface area contributed by atoms with Gasteiger partial charge in [0.2, 0.25) is 0 Å². The Morgan fingerprint density at radius 2 is 1.68 bits per heavy atom. The highest BCUT2D eigenvalue weighted by atomic mass is 16.5. The maximum atomic E-state index is 12.3. The highest BCUT2D eigenvalue weighted by molar-refractivity contribution is 6.00. The number of azide groups is 2. The lowest BCUT2D eigenvalue weighted by molar-refractivity contribution is 0.0594. The van der Waals surface area contributed by atoms with Gasteiger partial charge in [-0.3, -0.25) is 0 Å². The van der Waals surface area contributed by atoms with Gasteiger partial charge in [0.05, 0.1) is 19.2 Å². The number of aromatic amines is 1. The molecule has 0 saturated heterocycles. The molecule has 1 aromatic carbocycles. The normalized spacial score (nSPS) is 10.4. The van der Waals surface area contributed by atoms with E-state index in [2.05, 4.69) is 25.0 Å². The van der Waals surface area contributed by atoms with Crippen molar-refractivity contribution in [2.24, 2.45) is 10.2 Å². The average molecular weight is 428 g/mol. The number of carbonyl (C=O) groups is 1. The number of rotatable bonds is 15. The van der Waals surface area contributed by atoms with Crippen LogP contribution in [-0.2, 0) is 11.2 Å². The van der Waals surface area contributed by atoms with Crippen LogP contribution in [0, 0.1) is 0 Å². The number of unbranched alkanes of at least 4 members (excludes halogenated alkanes) is 5. The molecule has 10 heteroatoms. The average Bonchev–Trinajstić information content (AvgIpc) is 3.16. The van der Waals surface area contributed by atoms with Crippen molar-refractivity contribution in [3.8, 4) is 5.75 Å². The first-order valence-corrected chi connectivity index (χ1v) is 10.6. The van der Waals surface area contributed by atoms with Crippen molar-refractivity contribution in [2.75, 3.05) is 26.8 Å². The lowest BCUT2D eigenvalue weighted by Gasteiger charge is -2.07. The molecule has 1 aromatic heterocycles. The number of esters is 1. The first-order valence-electron chi connectivity index (χ1n) is 10.6. The molecule has 0 spiro atoms. The molecule has 0 amide bonds. The number of ether oxygens (including phenoxy) is 2. The fraction of sp³-hybridized carbons (Fsp3) is 0.571. The van der Waals surface area contributed by atoms with Gasteiger partial charge in [0.15, 0.2) is 0 Å². The number of carbonyl (C=O) groups excluding carboxylic acids is 1. The van der Waals surface area contributed by atoms with E-state index in [4.69, 9.17) is 20.5 Å². The summed E-state index contributed by atoms with van der Waals surface area (Å²) in [6.07, 6.45) is 7.09. The van der Waals surface area contributed by atoms with Crippen molar-refractivity contribution in [1.82, 2.24) is 4.98 Å². The molecule has 10 nitrogen and oxygen atoms in total. The van der Waals surface area contributed by atoms with Crippen molar-refractivity contribution >= 4 is 16.9 Å². The molecule has 0 aliphatic carbocycles. The third kappa shape index (κ3) is 7.44. The molecule has 31 heavy (non-hydrogen) atoms. The number of nitrogens with one attached hydrogen (secondary N) is 1. The zero-order chi connectivity index (χ0) is 22.3. The first kappa shape index (κ1) is 23.9. The fourth-order valence-corrected chi connectivity index (χ4v) is 3.47. The van der Waals surface area contributed by atoms with Gasteiger partial charge in [0.1, 0.15) is 11.4 Å². The minimum absolute atomic E-state index is 0.390. The number of para-hydroxylation sites is 1. The number of hydrogen-bond acceptors (Lipinski definition) is 5. The number of aryl methyl sites for hydroxylation is 1. The van der Waals surface area contributed by atoms with Gasteiger partial charge in [-0.15, -0.1) is 0 Å². The summed E-state index contributed by atoms with van der Waals surface area (Å²) < 4.78 is 10.9. The van der Waals surface area contributed by atoms with Crippen LogP contribution in [0.1, 0.15) is 61.0 Å². The van der Waals surface area contributed by atoms with E-state index in [1.165, 1.54) is 7.11 Å². The van der Waals surface area contributed by atoms with Crippen molar-refractivity contribution in [3.05, 3.63) is 50.3 Å². The predicted octanol–water partition coefficient (Wildman–Crippen LogP) is 6.23. The molecule has 2 rings (SSSR count). The summed E-state index contributed by atoms with van der Waals surface area (Å²) in [7, 11) is 1.38. The quantitative estimate of drug-likeness (QED) is 0.118. The van der Waals surface area contributed by atoms with Gasteiger partial charge in [0.25, 0.3) is 0 Å². The van der Waals surface area contributed by atoms with E-state index in [-0.39, 0.29) is 0 Å². The minimum atomic E-state index is -0.390. The number of nitrogens with zero attached hydrogens (tertiary/aromatic N) is 6. The van der Waals surface area contributed by atoms with Crippen molar-refractivity contribution in [3.63, 3.8) is 0 Å². The lowest BCUT2D eigenvalue weighted by atomic mass is 10.0. The van der Waals surface area contributed by atoms with Crippen LogP contribution in [0.2, 0.25) is 0 Å². The van der Waals surface area contributed by atoms with Gasteiger partial charge >= 0.3 is 5.97 Å². The highest BCUT2D eigenvalue weighted by Crippen LogP contribution is 2.31. The van der Waals surface area contributed by atoms with Crippen LogP contribution in [0.25, 0.3) is 31.8 Å². The molecular weight excluding hydrogens is 398 g/mol. The maximum Gasteiger partial charge on any atom is 0.354 e. The topological polar surface area (TPSA) is 149 Å². The molecular formula is C21H29N7O3. The maximum absolute atomic E-state index is 12.3. The molecule has 1 heterocycles. The number of benzene rings is 1. The van der Waals surface area contributed by atoms with Gasteiger partial charge in [-0.2, -0.15) is 0 Å². The van der Waals surface area contributed by atoms with Crippen LogP contribution in [0.4, 0.5) is 0 Å². The van der Waals surface area contributed by atoms with Crippen LogP contribution in [0.15, 0.2) is 28.4 Å². The zero-order valence-electron chi connectivity index (χ0n) is 17.9. The second-order valence-electron chi connectivity index (χ2n) is 7.13. The third-order valence-electron chi connectivity index (χ3n) is 5.01. The van der Waals surface area contributed by atoms with Gasteiger partial charge < -0.3 is 14.5 Å². The Kier molecular flexibility index (Phi) is 10.6. The highest BCUT2D eigenvalue weighted by Gasteiger charge is 2.20. The second-order valence-corrected chi connectivity index (χ2v) is 7.13. The summed E-state index contributed by atoms with van der Waals surface area (Å²) in [5, 5.41) is 8.04. The fourth-order valence-electron chi connectivity index (χ4n) is 3.47.